The van der Waals surface area contributed by atoms with E-state index in [4.69, 9.17) is 0 Å². The number of halogens is 1. The molecule has 2 aromatic rings. The van der Waals surface area contributed by atoms with Gasteiger partial charge in [-0.15, -0.1) is 0 Å². The fraction of sp³-hybridized carbons (Fsp3) is 0.0909. The normalized spacial score (nSPS) is 10.2. The maximum absolute atomic E-state index is 12.6. The Bertz CT molecular complexity index is 448. The van der Waals surface area contributed by atoms with Crippen molar-refractivity contribution in [3.8, 4) is 0 Å². The van der Waals surface area contributed by atoms with Crippen LogP contribution in [0.5, 0.6) is 0 Å². The van der Waals surface area contributed by atoms with Crippen molar-refractivity contribution in [3.63, 3.8) is 0 Å². The molecule has 15 heavy (non-hydrogen) atoms. The molecule has 0 amide bonds. The van der Waals surface area contributed by atoms with Crippen molar-refractivity contribution in [2.45, 2.75) is 6.42 Å². The number of carbonyl (C=O) groups excluding carboxylic acids is 1. The van der Waals surface area contributed by atoms with Crippen molar-refractivity contribution in [3.05, 3.63) is 53.9 Å². The zero-order chi connectivity index (χ0) is 10.7. The van der Waals surface area contributed by atoms with E-state index in [9.17, 15) is 9.18 Å². The fourth-order valence-corrected chi connectivity index (χ4v) is 1.28. The van der Waals surface area contributed by atoms with Crippen LogP contribution >= 0.6 is 0 Å². The van der Waals surface area contributed by atoms with Crippen LogP contribution in [-0.4, -0.2) is 15.8 Å². The van der Waals surface area contributed by atoms with Crippen molar-refractivity contribution in [2.75, 3.05) is 0 Å². The van der Waals surface area contributed by atoms with Crippen LogP contribution in [0.4, 0.5) is 4.39 Å². The second-order valence-corrected chi connectivity index (χ2v) is 3.14. The summed E-state index contributed by atoms with van der Waals surface area (Å²) in [6, 6.07) is 5.49. The average molecular weight is 204 g/mol. The Hall–Kier alpha value is -1.97. The highest BCUT2D eigenvalue weighted by Crippen LogP contribution is 2.06. The number of ketones is 1. The van der Waals surface area contributed by atoms with E-state index in [1.165, 1.54) is 24.3 Å². The summed E-state index contributed by atoms with van der Waals surface area (Å²) in [5.74, 6) is 0.193. The third-order valence-electron chi connectivity index (χ3n) is 2.05. The van der Waals surface area contributed by atoms with Gasteiger partial charge in [-0.05, 0) is 24.3 Å². The zero-order valence-electron chi connectivity index (χ0n) is 7.90. The van der Waals surface area contributed by atoms with Crippen LogP contribution in [0, 0.1) is 5.82 Å². The Morgan fingerprint density at radius 3 is 2.67 bits per heavy atom. The molecule has 0 saturated carbocycles. The molecule has 0 aliphatic heterocycles. The number of aromatic nitrogens is 2. The molecule has 0 fully saturated rings. The summed E-state index contributed by atoms with van der Waals surface area (Å²) in [7, 11) is 0. The van der Waals surface area contributed by atoms with Crippen molar-refractivity contribution in [1.29, 1.82) is 0 Å². The molecule has 0 radical (unpaired) electrons. The predicted molar refractivity (Wildman–Crippen MR) is 53.0 cm³/mol. The summed E-state index contributed by atoms with van der Waals surface area (Å²) in [4.78, 5) is 18.4. The molecule has 1 aromatic carbocycles. The van der Waals surface area contributed by atoms with Crippen LogP contribution in [0.1, 0.15) is 16.2 Å². The summed E-state index contributed by atoms with van der Waals surface area (Å²) < 4.78 is 12.6. The number of H-pyrrole nitrogens is 1. The minimum absolute atomic E-state index is 0.0787. The summed E-state index contributed by atoms with van der Waals surface area (Å²) >= 11 is 0. The number of hydrogen-bond donors (Lipinski definition) is 1. The van der Waals surface area contributed by atoms with Gasteiger partial charge in [0.25, 0.3) is 0 Å². The number of benzene rings is 1. The molecule has 0 unspecified atom stereocenters. The molecule has 0 atom stereocenters. The molecule has 0 spiro atoms. The first-order chi connectivity index (χ1) is 7.25. The minimum atomic E-state index is -0.343. The molecular formula is C11H9FN2O. The molecule has 76 valence electrons. The van der Waals surface area contributed by atoms with Gasteiger partial charge in [0.1, 0.15) is 11.6 Å². The number of imidazole rings is 1. The molecule has 0 bridgehead atoms. The van der Waals surface area contributed by atoms with E-state index in [-0.39, 0.29) is 18.0 Å². The van der Waals surface area contributed by atoms with Gasteiger partial charge < -0.3 is 4.98 Å². The van der Waals surface area contributed by atoms with Gasteiger partial charge in [-0.25, -0.2) is 9.37 Å². The van der Waals surface area contributed by atoms with E-state index in [0.717, 1.165) is 0 Å². The van der Waals surface area contributed by atoms with Crippen molar-refractivity contribution in [1.82, 2.24) is 9.97 Å². The maximum atomic E-state index is 12.6. The fourth-order valence-electron chi connectivity index (χ4n) is 1.28. The standard InChI is InChI=1S/C11H9FN2O/c12-9-3-1-8(2-4-9)10(15)7-11-13-5-6-14-11/h1-6H,7H2,(H,13,14). The number of hydrogen-bond acceptors (Lipinski definition) is 2. The molecule has 4 heteroatoms. The number of aromatic amines is 1. The quantitative estimate of drug-likeness (QED) is 0.777. The molecule has 0 aliphatic carbocycles. The van der Waals surface area contributed by atoms with E-state index in [2.05, 4.69) is 9.97 Å². The van der Waals surface area contributed by atoms with Gasteiger partial charge >= 0.3 is 0 Å². The van der Waals surface area contributed by atoms with Crippen molar-refractivity contribution < 1.29 is 9.18 Å². The molecule has 3 nitrogen and oxygen atoms in total. The van der Waals surface area contributed by atoms with Gasteiger partial charge in [0.2, 0.25) is 0 Å². The van der Waals surface area contributed by atoms with E-state index in [1.54, 1.807) is 12.4 Å². The van der Waals surface area contributed by atoms with E-state index >= 15 is 0 Å². The van der Waals surface area contributed by atoms with Crippen LogP contribution in [0.2, 0.25) is 0 Å². The molecule has 0 saturated heterocycles. The van der Waals surface area contributed by atoms with Crippen LogP contribution in [0.3, 0.4) is 0 Å². The SMILES string of the molecule is O=C(Cc1ncc[nH]1)c1ccc(F)cc1. The Balaban J connectivity index is 2.11. The molecule has 1 heterocycles. The third-order valence-corrected chi connectivity index (χ3v) is 2.05. The molecule has 0 aliphatic rings. The molecular weight excluding hydrogens is 195 g/mol. The highest BCUT2D eigenvalue weighted by molar-refractivity contribution is 5.97. The first-order valence-electron chi connectivity index (χ1n) is 4.53. The number of nitrogens with one attached hydrogen (secondary N) is 1. The van der Waals surface area contributed by atoms with E-state index in [1.807, 2.05) is 0 Å². The van der Waals surface area contributed by atoms with E-state index in [0.29, 0.717) is 11.4 Å². The van der Waals surface area contributed by atoms with Gasteiger partial charge in [-0.1, -0.05) is 0 Å². The Kier molecular flexibility index (Phi) is 2.58. The van der Waals surface area contributed by atoms with Crippen LogP contribution in [0.25, 0.3) is 0 Å². The monoisotopic (exact) mass is 204 g/mol. The molecule has 1 N–H and O–H groups in total. The zero-order valence-corrected chi connectivity index (χ0v) is 7.90. The average Bonchev–Trinajstić information content (AvgIpc) is 2.71. The second kappa shape index (κ2) is 4.04. The topological polar surface area (TPSA) is 45.8 Å². The van der Waals surface area contributed by atoms with Gasteiger partial charge in [0.05, 0.1) is 6.42 Å². The Morgan fingerprint density at radius 1 is 1.33 bits per heavy atom. The summed E-state index contributed by atoms with van der Waals surface area (Å²) in [6.07, 6.45) is 3.46. The minimum Gasteiger partial charge on any atom is -0.348 e. The van der Waals surface area contributed by atoms with Crippen LogP contribution in [-0.2, 0) is 6.42 Å². The number of Topliss-reactive ketones (excluding diaryl/α,β-unsaturated/α-hetero) is 1. The van der Waals surface area contributed by atoms with Crippen LogP contribution < -0.4 is 0 Å². The van der Waals surface area contributed by atoms with Crippen LogP contribution in [0.15, 0.2) is 36.7 Å². The van der Waals surface area contributed by atoms with Gasteiger partial charge in [0.15, 0.2) is 5.78 Å². The Morgan fingerprint density at radius 2 is 2.07 bits per heavy atom. The number of rotatable bonds is 3. The van der Waals surface area contributed by atoms with Crippen molar-refractivity contribution in [2.24, 2.45) is 0 Å². The highest BCUT2D eigenvalue weighted by atomic mass is 19.1. The lowest BCUT2D eigenvalue weighted by atomic mass is 10.1. The third kappa shape index (κ3) is 2.28. The number of nitrogens with zero attached hydrogens (tertiary/aromatic N) is 1. The van der Waals surface area contributed by atoms with E-state index < -0.39 is 0 Å². The lowest BCUT2D eigenvalue weighted by molar-refractivity contribution is 0.0991. The summed E-state index contributed by atoms with van der Waals surface area (Å²) in [5, 5.41) is 0. The largest absolute Gasteiger partial charge is 0.348 e. The summed E-state index contributed by atoms with van der Waals surface area (Å²) in [5.41, 5.74) is 0.493. The molecule has 1 aromatic heterocycles. The molecule has 2 rings (SSSR count). The van der Waals surface area contributed by atoms with Gasteiger partial charge in [0, 0.05) is 18.0 Å². The second-order valence-electron chi connectivity index (χ2n) is 3.14. The first kappa shape index (κ1) is 9.58. The smallest absolute Gasteiger partial charge is 0.170 e. The lowest BCUT2D eigenvalue weighted by Gasteiger charge is -1.98. The predicted octanol–water partition coefficient (Wildman–Crippen LogP) is 1.97. The number of carbonyl (C=O) groups is 1. The lowest BCUT2D eigenvalue weighted by Crippen LogP contribution is -2.04. The first-order valence-corrected chi connectivity index (χ1v) is 4.53. The van der Waals surface area contributed by atoms with Gasteiger partial charge in [-0.2, -0.15) is 0 Å². The van der Waals surface area contributed by atoms with Gasteiger partial charge in [-0.3, -0.25) is 4.79 Å². The highest BCUT2D eigenvalue weighted by Gasteiger charge is 2.08. The Labute approximate surface area is 86.0 Å². The van der Waals surface area contributed by atoms with Crippen molar-refractivity contribution >= 4 is 5.78 Å². The maximum Gasteiger partial charge on any atom is 0.170 e. The summed E-state index contributed by atoms with van der Waals surface area (Å²) in [6.45, 7) is 0.